The summed E-state index contributed by atoms with van der Waals surface area (Å²) < 4.78 is 36.3. The molecule has 0 saturated heterocycles. The highest BCUT2D eigenvalue weighted by atomic mass is 35.5. The molecule has 0 aliphatic heterocycles. The molecule has 8 heteroatoms. The topological polar surface area (TPSA) is 89.3 Å². The van der Waals surface area contributed by atoms with Gasteiger partial charge in [-0.15, -0.1) is 0 Å². The van der Waals surface area contributed by atoms with E-state index in [-0.39, 0.29) is 11.6 Å². The van der Waals surface area contributed by atoms with Crippen LogP contribution < -0.4 is 10.5 Å². The Morgan fingerprint density at radius 3 is 2.62 bits per heavy atom. The van der Waals surface area contributed by atoms with Crippen LogP contribution in [-0.2, 0) is 10.0 Å². The maximum Gasteiger partial charge on any atom is 0.253 e. The molecule has 0 bridgehead atoms. The van der Waals surface area contributed by atoms with Gasteiger partial charge in [0.15, 0.2) is 0 Å². The van der Waals surface area contributed by atoms with Gasteiger partial charge >= 0.3 is 0 Å². The average Bonchev–Trinajstić information content (AvgIpc) is 2.76. The Morgan fingerprint density at radius 1 is 1.43 bits per heavy atom. The zero-order chi connectivity index (χ0) is 15.8. The Labute approximate surface area is 127 Å². The molecule has 2 unspecified atom stereocenters. The van der Waals surface area contributed by atoms with Crippen molar-refractivity contribution in [3.05, 3.63) is 28.5 Å². The summed E-state index contributed by atoms with van der Waals surface area (Å²) in [4.78, 5) is 11.7. The highest BCUT2D eigenvalue weighted by Crippen LogP contribution is 2.27. The van der Waals surface area contributed by atoms with E-state index < -0.39 is 31.7 Å². The first-order chi connectivity index (χ1) is 9.68. The Morgan fingerprint density at radius 2 is 2.10 bits per heavy atom. The second kappa shape index (κ2) is 5.90. The van der Waals surface area contributed by atoms with Crippen molar-refractivity contribution in [2.24, 2.45) is 11.1 Å². The van der Waals surface area contributed by atoms with E-state index in [1.54, 1.807) is 0 Å². The largest absolute Gasteiger partial charge is 0.349 e. The van der Waals surface area contributed by atoms with Gasteiger partial charge in [0.05, 0.1) is 15.5 Å². The van der Waals surface area contributed by atoms with Gasteiger partial charge in [0.1, 0.15) is 5.82 Å². The number of carbonyl (C=O) groups is 1. The Kier molecular flexibility index (Phi) is 4.55. The normalized spacial score (nSPS) is 22.3. The van der Waals surface area contributed by atoms with Crippen LogP contribution in [0.2, 0.25) is 5.02 Å². The van der Waals surface area contributed by atoms with E-state index in [0.29, 0.717) is 12.0 Å². The summed E-state index contributed by atoms with van der Waals surface area (Å²) in [6, 6.07) is 1.69. The average molecular weight is 335 g/mol. The lowest BCUT2D eigenvalue weighted by molar-refractivity contribution is 0.0936. The molecule has 2 rings (SSSR count). The van der Waals surface area contributed by atoms with Crippen molar-refractivity contribution in [2.45, 2.75) is 37.1 Å². The number of nitrogens with one attached hydrogen (secondary N) is 1. The quantitative estimate of drug-likeness (QED) is 0.886. The summed E-state index contributed by atoms with van der Waals surface area (Å²) in [5.41, 5.74) is -0.222. The number of nitrogens with two attached hydrogens (primary N) is 1. The molecule has 1 saturated carbocycles. The molecular weight excluding hydrogens is 319 g/mol. The predicted molar refractivity (Wildman–Crippen MR) is 77.1 cm³/mol. The van der Waals surface area contributed by atoms with Crippen LogP contribution >= 0.6 is 11.6 Å². The smallest absolute Gasteiger partial charge is 0.253 e. The van der Waals surface area contributed by atoms with Crippen molar-refractivity contribution in [1.82, 2.24) is 5.32 Å². The maximum absolute atomic E-state index is 13.7. The van der Waals surface area contributed by atoms with Crippen LogP contribution in [0.3, 0.4) is 0 Å². The lowest BCUT2D eigenvalue weighted by Gasteiger charge is -2.14. The van der Waals surface area contributed by atoms with Crippen molar-refractivity contribution < 1.29 is 17.6 Å². The molecule has 1 aliphatic rings. The molecule has 1 amide bonds. The van der Waals surface area contributed by atoms with Gasteiger partial charge in [-0.2, -0.15) is 0 Å². The molecule has 1 aromatic carbocycles. The summed E-state index contributed by atoms with van der Waals surface area (Å²) in [6.07, 6.45) is 2.67. The van der Waals surface area contributed by atoms with Crippen molar-refractivity contribution in [3.63, 3.8) is 0 Å². The molecule has 1 fully saturated rings. The van der Waals surface area contributed by atoms with E-state index in [4.69, 9.17) is 16.7 Å². The van der Waals surface area contributed by atoms with Crippen molar-refractivity contribution in [1.29, 1.82) is 0 Å². The molecule has 21 heavy (non-hydrogen) atoms. The van der Waals surface area contributed by atoms with Gasteiger partial charge in [0.2, 0.25) is 10.0 Å². The summed E-state index contributed by atoms with van der Waals surface area (Å²) in [7, 11) is -4.11. The first-order valence-corrected chi connectivity index (χ1v) is 8.43. The minimum atomic E-state index is -4.11. The second-order valence-electron chi connectivity index (χ2n) is 5.40. The third-order valence-corrected chi connectivity index (χ3v) is 4.88. The number of halogens is 2. The van der Waals surface area contributed by atoms with Crippen LogP contribution in [0.25, 0.3) is 0 Å². The van der Waals surface area contributed by atoms with Crippen molar-refractivity contribution >= 4 is 27.5 Å². The zero-order valence-corrected chi connectivity index (χ0v) is 13.0. The summed E-state index contributed by atoms with van der Waals surface area (Å²) >= 11 is 5.75. The number of rotatable bonds is 3. The van der Waals surface area contributed by atoms with Gasteiger partial charge in [-0.1, -0.05) is 18.5 Å². The molecule has 0 spiro atoms. The SMILES string of the molecule is CC1CCC(NC(=O)c2cc(S(N)(=O)=O)cc(F)c2Cl)C1. The number of sulfonamides is 1. The molecule has 2 atom stereocenters. The second-order valence-corrected chi connectivity index (χ2v) is 7.34. The Hall–Kier alpha value is -1.18. The van der Waals surface area contributed by atoms with Crippen molar-refractivity contribution in [2.75, 3.05) is 0 Å². The van der Waals surface area contributed by atoms with E-state index >= 15 is 0 Å². The summed E-state index contributed by atoms with van der Waals surface area (Å²) in [6.45, 7) is 2.08. The van der Waals surface area contributed by atoms with E-state index in [9.17, 15) is 17.6 Å². The van der Waals surface area contributed by atoms with Gasteiger partial charge < -0.3 is 5.32 Å². The summed E-state index contributed by atoms with van der Waals surface area (Å²) in [5.74, 6) is -1.07. The molecule has 0 aromatic heterocycles. The lowest BCUT2D eigenvalue weighted by atomic mass is 10.1. The number of hydrogen-bond acceptors (Lipinski definition) is 3. The summed E-state index contributed by atoms with van der Waals surface area (Å²) in [5, 5.41) is 7.29. The van der Waals surface area contributed by atoms with Crippen LogP contribution in [0.5, 0.6) is 0 Å². The molecular formula is C13H16ClFN2O3S. The number of amides is 1. The molecule has 1 aliphatic carbocycles. The van der Waals surface area contributed by atoms with Crippen LogP contribution in [0.1, 0.15) is 36.5 Å². The zero-order valence-electron chi connectivity index (χ0n) is 11.4. The number of hydrogen-bond donors (Lipinski definition) is 2. The van der Waals surface area contributed by atoms with Gasteiger partial charge in [-0.3, -0.25) is 4.79 Å². The minimum Gasteiger partial charge on any atom is -0.349 e. The fraction of sp³-hybridized carbons (Fsp3) is 0.462. The fourth-order valence-electron chi connectivity index (χ4n) is 2.50. The third kappa shape index (κ3) is 3.72. The monoisotopic (exact) mass is 334 g/mol. The van der Waals surface area contributed by atoms with Gasteiger partial charge in [0, 0.05) is 6.04 Å². The highest BCUT2D eigenvalue weighted by Gasteiger charge is 2.25. The van der Waals surface area contributed by atoms with Gasteiger partial charge in [-0.05, 0) is 37.3 Å². The molecule has 5 nitrogen and oxygen atoms in total. The highest BCUT2D eigenvalue weighted by molar-refractivity contribution is 7.89. The van der Waals surface area contributed by atoms with E-state index in [1.165, 1.54) is 0 Å². The van der Waals surface area contributed by atoms with Crippen LogP contribution in [0.15, 0.2) is 17.0 Å². The fourth-order valence-corrected chi connectivity index (χ4v) is 3.24. The third-order valence-electron chi connectivity index (χ3n) is 3.60. The molecule has 1 aromatic rings. The lowest BCUT2D eigenvalue weighted by Crippen LogP contribution is -2.33. The first kappa shape index (κ1) is 16.2. The van der Waals surface area contributed by atoms with Crippen LogP contribution in [-0.4, -0.2) is 20.4 Å². The van der Waals surface area contributed by atoms with E-state index in [2.05, 4.69) is 12.2 Å². The standard InChI is InChI=1S/C13H16ClFN2O3S/c1-7-2-3-8(4-7)17-13(18)10-5-9(21(16,19)20)6-11(15)12(10)14/h5-8H,2-4H2,1H3,(H,17,18)(H2,16,19,20). The van der Waals surface area contributed by atoms with Gasteiger partial charge in [0.25, 0.3) is 5.91 Å². The number of benzene rings is 1. The molecule has 0 radical (unpaired) electrons. The van der Waals surface area contributed by atoms with Crippen LogP contribution in [0, 0.1) is 11.7 Å². The van der Waals surface area contributed by atoms with E-state index in [1.807, 2.05) is 0 Å². The Balaban J connectivity index is 2.30. The predicted octanol–water partition coefficient (Wildman–Crippen LogP) is 2.04. The molecule has 116 valence electrons. The molecule has 0 heterocycles. The number of carbonyl (C=O) groups excluding carboxylic acids is 1. The number of primary sulfonamides is 1. The molecule has 3 N–H and O–H groups in total. The van der Waals surface area contributed by atoms with Gasteiger partial charge in [-0.25, -0.2) is 17.9 Å². The first-order valence-electron chi connectivity index (χ1n) is 6.51. The maximum atomic E-state index is 13.7. The van der Waals surface area contributed by atoms with Crippen molar-refractivity contribution in [3.8, 4) is 0 Å². The van der Waals surface area contributed by atoms with Crippen LogP contribution in [0.4, 0.5) is 4.39 Å². The Bertz CT molecular complexity index is 678. The van der Waals surface area contributed by atoms with E-state index in [0.717, 1.165) is 25.3 Å². The minimum absolute atomic E-state index is 0.00947.